The lowest BCUT2D eigenvalue weighted by Crippen LogP contribution is -2.02. The summed E-state index contributed by atoms with van der Waals surface area (Å²) in [5.41, 5.74) is 3.90. The maximum absolute atomic E-state index is 15.1. The SMILES string of the molecule is CCn1cnc2c(-c3ccc(F)c(-c4cc(F)c(-n5cc(C)nn5)cc4OC)c3)cnnc21. The van der Waals surface area contributed by atoms with Gasteiger partial charge in [0.25, 0.3) is 0 Å². The molecule has 0 unspecified atom stereocenters. The quantitative estimate of drug-likeness (QED) is 0.398. The molecule has 0 aliphatic heterocycles. The number of halogens is 2. The number of fused-ring (bicyclic) bond motifs is 1. The van der Waals surface area contributed by atoms with E-state index in [0.717, 1.165) is 0 Å². The Morgan fingerprint density at radius 3 is 2.58 bits per heavy atom. The average molecular weight is 447 g/mol. The number of benzene rings is 2. The van der Waals surface area contributed by atoms with Crippen LogP contribution in [0, 0.1) is 18.6 Å². The molecule has 0 aliphatic carbocycles. The van der Waals surface area contributed by atoms with Crippen LogP contribution in [0.5, 0.6) is 5.75 Å². The van der Waals surface area contributed by atoms with Crippen molar-refractivity contribution in [2.24, 2.45) is 0 Å². The molecule has 2 aromatic carbocycles. The summed E-state index contributed by atoms with van der Waals surface area (Å²) in [5, 5.41) is 16.1. The lowest BCUT2D eigenvalue weighted by Gasteiger charge is -2.14. The third-order valence-corrected chi connectivity index (χ3v) is 5.44. The van der Waals surface area contributed by atoms with Crippen LogP contribution in [-0.4, -0.2) is 41.9 Å². The van der Waals surface area contributed by atoms with Crippen molar-refractivity contribution in [1.29, 1.82) is 0 Å². The molecule has 0 N–H and O–H groups in total. The Labute approximate surface area is 187 Å². The first-order chi connectivity index (χ1) is 16.0. The van der Waals surface area contributed by atoms with Gasteiger partial charge in [0, 0.05) is 29.3 Å². The second-order valence-corrected chi connectivity index (χ2v) is 7.46. The molecule has 3 heterocycles. The minimum Gasteiger partial charge on any atom is -0.496 e. The Kier molecular flexibility index (Phi) is 5.04. The number of methoxy groups -OCH3 is 1. The largest absolute Gasteiger partial charge is 0.496 e. The predicted octanol–water partition coefficient (Wildman–Crippen LogP) is 4.36. The molecule has 0 amide bonds. The van der Waals surface area contributed by atoms with Gasteiger partial charge in [0.05, 0.1) is 31.5 Å². The van der Waals surface area contributed by atoms with Crippen molar-refractivity contribution in [2.75, 3.05) is 7.11 Å². The number of rotatable bonds is 5. The second-order valence-electron chi connectivity index (χ2n) is 7.46. The van der Waals surface area contributed by atoms with Crippen LogP contribution in [-0.2, 0) is 6.54 Å². The summed E-state index contributed by atoms with van der Waals surface area (Å²) in [5.74, 6) is -0.808. The third-order valence-electron chi connectivity index (χ3n) is 5.44. The number of ether oxygens (including phenoxy) is 1. The molecule has 166 valence electrons. The van der Waals surface area contributed by atoms with Crippen LogP contribution in [0.4, 0.5) is 8.78 Å². The van der Waals surface area contributed by atoms with E-state index in [1.807, 2.05) is 11.5 Å². The molecule has 5 aromatic rings. The zero-order chi connectivity index (χ0) is 23.1. The first-order valence-corrected chi connectivity index (χ1v) is 10.2. The minimum atomic E-state index is -0.588. The second kappa shape index (κ2) is 8.05. The van der Waals surface area contributed by atoms with Crippen LogP contribution < -0.4 is 4.74 Å². The molecule has 3 aromatic heterocycles. The highest BCUT2D eigenvalue weighted by Crippen LogP contribution is 2.38. The van der Waals surface area contributed by atoms with Crippen LogP contribution in [0.1, 0.15) is 12.6 Å². The molecular weight excluding hydrogens is 428 g/mol. The molecule has 10 heteroatoms. The van der Waals surface area contributed by atoms with E-state index in [2.05, 4.69) is 25.5 Å². The lowest BCUT2D eigenvalue weighted by atomic mass is 9.98. The first kappa shape index (κ1) is 20.7. The van der Waals surface area contributed by atoms with Gasteiger partial charge < -0.3 is 9.30 Å². The molecule has 0 bridgehead atoms. The first-order valence-electron chi connectivity index (χ1n) is 10.2. The fourth-order valence-corrected chi connectivity index (χ4v) is 3.78. The van der Waals surface area contributed by atoms with Gasteiger partial charge >= 0.3 is 0 Å². The van der Waals surface area contributed by atoms with Crippen LogP contribution in [0.3, 0.4) is 0 Å². The Morgan fingerprint density at radius 1 is 1.00 bits per heavy atom. The summed E-state index contributed by atoms with van der Waals surface area (Å²) < 4.78 is 38.7. The molecule has 0 fully saturated rings. The van der Waals surface area contributed by atoms with Gasteiger partial charge in [0.1, 0.15) is 28.6 Å². The number of imidazole rings is 1. The summed E-state index contributed by atoms with van der Waals surface area (Å²) >= 11 is 0. The smallest absolute Gasteiger partial charge is 0.183 e. The number of hydrogen-bond donors (Lipinski definition) is 0. The summed E-state index contributed by atoms with van der Waals surface area (Å²) in [6.45, 7) is 4.43. The van der Waals surface area contributed by atoms with E-state index >= 15 is 4.39 Å². The van der Waals surface area contributed by atoms with Gasteiger partial charge in [-0.15, -0.1) is 10.2 Å². The minimum absolute atomic E-state index is 0.151. The fourth-order valence-electron chi connectivity index (χ4n) is 3.78. The topological polar surface area (TPSA) is 83.5 Å². The van der Waals surface area contributed by atoms with E-state index < -0.39 is 11.6 Å². The van der Waals surface area contributed by atoms with Gasteiger partial charge in [-0.3, -0.25) is 0 Å². The van der Waals surface area contributed by atoms with E-state index in [-0.39, 0.29) is 16.8 Å². The highest BCUT2D eigenvalue weighted by Gasteiger charge is 2.19. The number of aromatic nitrogens is 7. The highest BCUT2D eigenvalue weighted by atomic mass is 19.1. The van der Waals surface area contributed by atoms with E-state index in [1.54, 1.807) is 37.8 Å². The molecule has 0 saturated carbocycles. The van der Waals surface area contributed by atoms with Crippen molar-refractivity contribution in [3.05, 3.63) is 66.4 Å². The van der Waals surface area contributed by atoms with Gasteiger partial charge in [0.15, 0.2) is 5.65 Å². The van der Waals surface area contributed by atoms with Gasteiger partial charge in [-0.2, -0.15) is 5.10 Å². The Hall–Kier alpha value is -4.21. The van der Waals surface area contributed by atoms with E-state index in [9.17, 15) is 4.39 Å². The molecule has 33 heavy (non-hydrogen) atoms. The number of nitrogens with zero attached hydrogens (tertiary/aromatic N) is 7. The van der Waals surface area contributed by atoms with Crippen LogP contribution in [0.2, 0.25) is 0 Å². The summed E-state index contributed by atoms with van der Waals surface area (Å²) in [7, 11) is 1.45. The molecule has 8 nitrogen and oxygen atoms in total. The van der Waals surface area contributed by atoms with E-state index in [4.69, 9.17) is 4.74 Å². The van der Waals surface area contributed by atoms with E-state index in [1.165, 1.54) is 30.0 Å². The van der Waals surface area contributed by atoms with Crippen molar-refractivity contribution >= 4 is 11.2 Å². The average Bonchev–Trinajstić information content (AvgIpc) is 3.45. The van der Waals surface area contributed by atoms with Crippen molar-refractivity contribution in [3.63, 3.8) is 0 Å². The molecule has 0 radical (unpaired) electrons. The van der Waals surface area contributed by atoms with Crippen molar-refractivity contribution < 1.29 is 13.5 Å². The molecule has 5 rings (SSSR count). The van der Waals surface area contributed by atoms with Gasteiger partial charge in [-0.05, 0) is 37.6 Å². The predicted molar refractivity (Wildman–Crippen MR) is 118 cm³/mol. The van der Waals surface area contributed by atoms with Crippen molar-refractivity contribution in [3.8, 4) is 33.7 Å². The van der Waals surface area contributed by atoms with Gasteiger partial charge in [-0.1, -0.05) is 11.3 Å². The summed E-state index contributed by atoms with van der Waals surface area (Å²) in [6.07, 6.45) is 4.87. The Balaban J connectivity index is 1.66. The normalized spacial score (nSPS) is 11.3. The van der Waals surface area contributed by atoms with Crippen molar-refractivity contribution in [2.45, 2.75) is 20.4 Å². The van der Waals surface area contributed by atoms with Crippen LogP contribution in [0.15, 0.2) is 49.1 Å². The Bertz CT molecular complexity index is 1490. The van der Waals surface area contributed by atoms with Gasteiger partial charge in [0.2, 0.25) is 0 Å². The molecule has 0 saturated heterocycles. The van der Waals surface area contributed by atoms with E-state index in [0.29, 0.717) is 40.3 Å². The lowest BCUT2D eigenvalue weighted by molar-refractivity contribution is 0.414. The molecule has 0 atom stereocenters. The maximum Gasteiger partial charge on any atom is 0.183 e. The monoisotopic (exact) mass is 447 g/mol. The van der Waals surface area contributed by atoms with Crippen molar-refractivity contribution in [1.82, 2.24) is 34.7 Å². The molecule has 0 aliphatic rings. The standard InChI is InChI=1S/C23H19F2N7O/c1-4-31-12-26-22-17(10-27-29-23(22)31)14-5-6-18(24)15(7-14)16-8-19(25)20(9-21(16)33-3)32-11-13(2)28-30-32/h5-12H,4H2,1-3H3. The number of hydrogen-bond acceptors (Lipinski definition) is 6. The maximum atomic E-state index is 15.1. The molecular formula is C23H19F2N7O. The zero-order valence-corrected chi connectivity index (χ0v) is 18.1. The van der Waals surface area contributed by atoms with Crippen LogP contribution >= 0.6 is 0 Å². The molecule has 0 spiro atoms. The Morgan fingerprint density at radius 2 is 1.85 bits per heavy atom. The number of aryl methyl sites for hydroxylation is 2. The third kappa shape index (κ3) is 3.49. The highest BCUT2D eigenvalue weighted by molar-refractivity contribution is 5.90. The summed E-state index contributed by atoms with van der Waals surface area (Å²) in [6, 6.07) is 7.31. The zero-order valence-electron chi connectivity index (χ0n) is 18.1. The fraction of sp³-hybridized carbons (Fsp3) is 0.174. The summed E-state index contributed by atoms with van der Waals surface area (Å²) in [4.78, 5) is 4.45. The van der Waals surface area contributed by atoms with Gasteiger partial charge in [-0.25, -0.2) is 18.4 Å². The van der Waals surface area contributed by atoms with Crippen LogP contribution in [0.25, 0.3) is 39.1 Å².